The lowest BCUT2D eigenvalue weighted by atomic mass is 9.83. The van der Waals surface area contributed by atoms with Crippen LogP contribution in [0.25, 0.3) is 0 Å². The van der Waals surface area contributed by atoms with E-state index in [0.29, 0.717) is 13.0 Å². The minimum absolute atomic E-state index is 0.0213. The summed E-state index contributed by atoms with van der Waals surface area (Å²) >= 11 is 0. The highest BCUT2D eigenvalue weighted by Gasteiger charge is 2.17. The van der Waals surface area contributed by atoms with E-state index in [1.807, 2.05) is 6.92 Å². The minimum atomic E-state index is -0.883. The summed E-state index contributed by atoms with van der Waals surface area (Å²) in [6, 6.07) is -0.534. The molecule has 1 rings (SSSR count). The van der Waals surface area contributed by atoms with Crippen LogP contribution >= 0.6 is 0 Å². The second-order valence-electron chi connectivity index (χ2n) is 4.69. The van der Waals surface area contributed by atoms with Gasteiger partial charge in [-0.2, -0.15) is 0 Å². The first-order chi connectivity index (χ1) is 8.11. The van der Waals surface area contributed by atoms with Crippen LogP contribution in [0.2, 0.25) is 0 Å². The molecule has 3 N–H and O–H groups in total. The first-order valence-corrected chi connectivity index (χ1v) is 6.38. The molecule has 0 heterocycles. The van der Waals surface area contributed by atoms with E-state index in [0.717, 1.165) is 12.3 Å². The van der Waals surface area contributed by atoms with E-state index in [9.17, 15) is 9.59 Å². The number of hydrogen-bond acceptors (Lipinski definition) is 2. The SMILES string of the molecule is CCC(CC(=O)O)NC(=O)NCCC1CCC1. The van der Waals surface area contributed by atoms with Gasteiger partial charge in [-0.05, 0) is 18.8 Å². The summed E-state index contributed by atoms with van der Waals surface area (Å²) in [7, 11) is 0. The van der Waals surface area contributed by atoms with Crippen molar-refractivity contribution in [3.63, 3.8) is 0 Å². The van der Waals surface area contributed by atoms with Gasteiger partial charge in [-0.25, -0.2) is 4.79 Å². The van der Waals surface area contributed by atoms with Crippen molar-refractivity contribution in [2.45, 2.75) is 51.5 Å². The van der Waals surface area contributed by atoms with E-state index in [-0.39, 0.29) is 18.5 Å². The van der Waals surface area contributed by atoms with Crippen molar-refractivity contribution >= 4 is 12.0 Å². The van der Waals surface area contributed by atoms with E-state index in [2.05, 4.69) is 10.6 Å². The summed E-state index contributed by atoms with van der Waals surface area (Å²) in [5.74, 6) is -0.108. The van der Waals surface area contributed by atoms with Crippen molar-refractivity contribution in [1.29, 1.82) is 0 Å². The molecule has 1 aliphatic rings. The lowest BCUT2D eigenvalue weighted by Gasteiger charge is -2.25. The van der Waals surface area contributed by atoms with Crippen LogP contribution in [0.1, 0.15) is 45.4 Å². The van der Waals surface area contributed by atoms with Crippen molar-refractivity contribution in [2.24, 2.45) is 5.92 Å². The van der Waals surface area contributed by atoms with Crippen LogP contribution in [0.15, 0.2) is 0 Å². The second kappa shape index (κ2) is 7.14. The van der Waals surface area contributed by atoms with Gasteiger partial charge in [-0.15, -0.1) is 0 Å². The molecule has 1 aliphatic carbocycles. The highest BCUT2D eigenvalue weighted by Crippen LogP contribution is 2.28. The average molecular weight is 242 g/mol. The van der Waals surface area contributed by atoms with Crippen molar-refractivity contribution in [3.05, 3.63) is 0 Å². The Kier molecular flexibility index (Phi) is 5.80. The van der Waals surface area contributed by atoms with Gasteiger partial charge >= 0.3 is 12.0 Å². The molecule has 0 bridgehead atoms. The summed E-state index contributed by atoms with van der Waals surface area (Å²) in [6.07, 6.45) is 5.51. The third kappa shape index (κ3) is 5.56. The number of rotatable bonds is 7. The third-order valence-electron chi connectivity index (χ3n) is 3.31. The number of urea groups is 1. The van der Waals surface area contributed by atoms with Gasteiger partial charge in [0.15, 0.2) is 0 Å². The van der Waals surface area contributed by atoms with Gasteiger partial charge in [0, 0.05) is 12.6 Å². The number of nitrogens with one attached hydrogen (secondary N) is 2. The standard InChI is InChI=1S/C12H22N2O3/c1-2-10(8-11(15)16)14-12(17)13-7-6-9-4-3-5-9/h9-10H,2-8H2,1H3,(H,15,16)(H2,13,14,17). The van der Waals surface area contributed by atoms with Crippen LogP contribution < -0.4 is 10.6 Å². The normalized spacial score (nSPS) is 17.0. The summed E-state index contributed by atoms with van der Waals surface area (Å²) in [5, 5.41) is 14.1. The number of aliphatic carboxylic acids is 1. The molecule has 2 amide bonds. The highest BCUT2D eigenvalue weighted by atomic mass is 16.4. The molecule has 98 valence electrons. The molecule has 5 heteroatoms. The van der Waals surface area contributed by atoms with E-state index >= 15 is 0 Å². The maximum atomic E-state index is 11.5. The van der Waals surface area contributed by atoms with Gasteiger partial charge in [0.05, 0.1) is 6.42 Å². The van der Waals surface area contributed by atoms with Crippen LogP contribution in [-0.2, 0) is 4.79 Å². The highest BCUT2D eigenvalue weighted by molar-refractivity contribution is 5.75. The van der Waals surface area contributed by atoms with Gasteiger partial charge in [0.2, 0.25) is 0 Å². The molecule has 0 aromatic carbocycles. The molecule has 1 saturated carbocycles. The van der Waals surface area contributed by atoms with Crippen LogP contribution in [0, 0.1) is 5.92 Å². The fourth-order valence-electron chi connectivity index (χ4n) is 1.92. The maximum Gasteiger partial charge on any atom is 0.315 e. The van der Waals surface area contributed by atoms with Crippen LogP contribution in [0.4, 0.5) is 4.79 Å². The van der Waals surface area contributed by atoms with Gasteiger partial charge < -0.3 is 15.7 Å². The van der Waals surface area contributed by atoms with Crippen LogP contribution in [0.5, 0.6) is 0 Å². The molecule has 0 aliphatic heterocycles. The Morgan fingerprint density at radius 2 is 2.12 bits per heavy atom. The van der Waals surface area contributed by atoms with Crippen molar-refractivity contribution < 1.29 is 14.7 Å². The molecule has 5 nitrogen and oxygen atoms in total. The largest absolute Gasteiger partial charge is 0.481 e. The van der Waals surface area contributed by atoms with Crippen molar-refractivity contribution in [3.8, 4) is 0 Å². The lowest BCUT2D eigenvalue weighted by Crippen LogP contribution is -2.43. The van der Waals surface area contributed by atoms with E-state index in [4.69, 9.17) is 5.11 Å². The number of carbonyl (C=O) groups is 2. The summed E-state index contributed by atoms with van der Waals surface area (Å²) in [5.41, 5.74) is 0. The van der Waals surface area contributed by atoms with E-state index in [1.165, 1.54) is 19.3 Å². The first kappa shape index (κ1) is 13.8. The predicted molar refractivity (Wildman–Crippen MR) is 64.8 cm³/mol. The van der Waals surface area contributed by atoms with Crippen molar-refractivity contribution in [2.75, 3.05) is 6.54 Å². The zero-order chi connectivity index (χ0) is 12.7. The summed E-state index contributed by atoms with van der Waals surface area (Å²) in [4.78, 5) is 22.0. The minimum Gasteiger partial charge on any atom is -0.481 e. The average Bonchev–Trinajstić information content (AvgIpc) is 2.20. The predicted octanol–water partition coefficient (Wildman–Crippen LogP) is 1.73. The maximum absolute atomic E-state index is 11.5. The van der Waals surface area contributed by atoms with Gasteiger partial charge in [0.1, 0.15) is 0 Å². The quantitative estimate of drug-likeness (QED) is 0.636. The monoisotopic (exact) mass is 242 g/mol. The molecule has 17 heavy (non-hydrogen) atoms. The Morgan fingerprint density at radius 1 is 1.41 bits per heavy atom. The molecule has 1 atom stereocenters. The fraction of sp³-hybridized carbons (Fsp3) is 0.833. The third-order valence-corrected chi connectivity index (χ3v) is 3.31. The van der Waals surface area contributed by atoms with E-state index < -0.39 is 5.97 Å². The molecule has 1 fully saturated rings. The zero-order valence-corrected chi connectivity index (χ0v) is 10.4. The molecule has 1 unspecified atom stereocenters. The van der Waals surface area contributed by atoms with Gasteiger partial charge in [-0.1, -0.05) is 26.2 Å². The molecule has 0 spiro atoms. The zero-order valence-electron chi connectivity index (χ0n) is 10.4. The smallest absolute Gasteiger partial charge is 0.315 e. The Hall–Kier alpha value is -1.26. The van der Waals surface area contributed by atoms with Gasteiger partial charge in [0.25, 0.3) is 0 Å². The van der Waals surface area contributed by atoms with Crippen LogP contribution in [0.3, 0.4) is 0 Å². The Labute approximate surface area is 102 Å². The molecular formula is C12H22N2O3. The summed E-state index contributed by atoms with van der Waals surface area (Å²) in [6.45, 7) is 2.54. The fourth-order valence-corrected chi connectivity index (χ4v) is 1.92. The molecule has 0 radical (unpaired) electrons. The molecule has 0 saturated heterocycles. The molecule has 0 aromatic heterocycles. The number of carbonyl (C=O) groups excluding carboxylic acids is 1. The Morgan fingerprint density at radius 3 is 2.59 bits per heavy atom. The second-order valence-corrected chi connectivity index (χ2v) is 4.69. The number of hydrogen-bond donors (Lipinski definition) is 3. The molecule has 0 aromatic rings. The van der Waals surface area contributed by atoms with Crippen molar-refractivity contribution in [1.82, 2.24) is 10.6 Å². The molecular weight excluding hydrogens is 220 g/mol. The Bertz CT molecular complexity index is 264. The first-order valence-electron chi connectivity index (χ1n) is 6.38. The topological polar surface area (TPSA) is 78.4 Å². The summed E-state index contributed by atoms with van der Waals surface area (Å²) < 4.78 is 0. The number of amides is 2. The number of carboxylic acids is 1. The van der Waals surface area contributed by atoms with Gasteiger partial charge in [-0.3, -0.25) is 4.79 Å². The number of carboxylic acid groups (broad SMARTS) is 1. The van der Waals surface area contributed by atoms with Crippen LogP contribution in [-0.4, -0.2) is 29.7 Å². The van der Waals surface area contributed by atoms with E-state index in [1.54, 1.807) is 0 Å². The lowest BCUT2D eigenvalue weighted by molar-refractivity contribution is -0.137. The Balaban J connectivity index is 2.10.